The van der Waals surface area contributed by atoms with Crippen LogP contribution in [-0.2, 0) is 0 Å². The zero-order valence-electron chi connectivity index (χ0n) is 14.3. The third-order valence-corrected chi connectivity index (χ3v) is 3.22. The Labute approximate surface area is 137 Å². The second-order valence-corrected chi connectivity index (χ2v) is 6.70. The summed E-state index contributed by atoms with van der Waals surface area (Å²) in [5, 5.41) is 6.17. The molecule has 1 heterocycles. The normalized spacial score (nSPS) is 12.6. The molecule has 2 N–H and O–H groups in total. The third kappa shape index (κ3) is 5.06. The molecule has 0 aliphatic carbocycles. The van der Waals surface area contributed by atoms with Gasteiger partial charge in [0.15, 0.2) is 0 Å². The molecule has 1 amide bonds. The first-order valence-corrected chi connectivity index (χ1v) is 7.74. The van der Waals surface area contributed by atoms with Crippen LogP contribution in [0.4, 0.5) is 5.95 Å². The number of benzene rings is 1. The van der Waals surface area contributed by atoms with Gasteiger partial charge >= 0.3 is 0 Å². The molecule has 5 heteroatoms. The first-order chi connectivity index (χ1) is 10.7. The highest BCUT2D eigenvalue weighted by molar-refractivity contribution is 5.93. The van der Waals surface area contributed by atoms with Crippen molar-refractivity contribution < 1.29 is 4.79 Å². The molecular formula is C18H24N4O. The van der Waals surface area contributed by atoms with Gasteiger partial charge in [-0.15, -0.1) is 0 Å². The van der Waals surface area contributed by atoms with Crippen LogP contribution in [0.1, 0.15) is 55.5 Å². The summed E-state index contributed by atoms with van der Waals surface area (Å²) < 4.78 is 0. The monoisotopic (exact) mass is 312 g/mol. The molecule has 0 fully saturated rings. The van der Waals surface area contributed by atoms with Crippen molar-refractivity contribution in [2.75, 3.05) is 5.32 Å². The van der Waals surface area contributed by atoms with Crippen molar-refractivity contribution in [1.29, 1.82) is 0 Å². The minimum atomic E-state index is -0.305. The molecular weight excluding hydrogens is 288 g/mol. The Morgan fingerprint density at radius 1 is 1.13 bits per heavy atom. The average Bonchev–Trinajstić information content (AvgIpc) is 2.45. The smallest absolute Gasteiger partial charge is 0.270 e. The van der Waals surface area contributed by atoms with E-state index in [4.69, 9.17) is 0 Å². The van der Waals surface area contributed by atoms with Gasteiger partial charge < -0.3 is 10.6 Å². The standard InChI is InChI=1S/C18H24N4O/c1-12-11-15(16(23)22-18(3,4)5)21-17(19-12)20-13(2)14-9-7-6-8-10-14/h6-11,13H,1-5H3,(H,22,23)(H,19,20,21). The number of hydrogen-bond acceptors (Lipinski definition) is 4. The fraction of sp³-hybridized carbons (Fsp3) is 0.389. The third-order valence-electron chi connectivity index (χ3n) is 3.22. The van der Waals surface area contributed by atoms with E-state index >= 15 is 0 Å². The molecule has 1 atom stereocenters. The van der Waals surface area contributed by atoms with Crippen LogP contribution >= 0.6 is 0 Å². The molecule has 5 nitrogen and oxygen atoms in total. The van der Waals surface area contributed by atoms with E-state index in [1.165, 1.54) is 0 Å². The summed E-state index contributed by atoms with van der Waals surface area (Å²) in [5.41, 5.74) is 1.95. The highest BCUT2D eigenvalue weighted by Crippen LogP contribution is 2.17. The molecule has 1 aromatic carbocycles. The van der Waals surface area contributed by atoms with Gasteiger partial charge in [0, 0.05) is 11.2 Å². The second kappa shape index (κ2) is 6.77. The Hall–Kier alpha value is -2.43. The van der Waals surface area contributed by atoms with E-state index in [1.807, 2.05) is 65.0 Å². The van der Waals surface area contributed by atoms with Crippen molar-refractivity contribution in [2.24, 2.45) is 0 Å². The van der Waals surface area contributed by atoms with Gasteiger partial charge in [0.25, 0.3) is 5.91 Å². The number of nitrogens with zero attached hydrogens (tertiary/aromatic N) is 2. The van der Waals surface area contributed by atoms with Gasteiger partial charge in [-0.25, -0.2) is 9.97 Å². The Morgan fingerprint density at radius 2 is 1.78 bits per heavy atom. The number of aromatic nitrogens is 2. The topological polar surface area (TPSA) is 66.9 Å². The van der Waals surface area contributed by atoms with Crippen LogP contribution in [0.2, 0.25) is 0 Å². The summed E-state index contributed by atoms with van der Waals surface area (Å²) in [6.45, 7) is 9.71. The SMILES string of the molecule is Cc1cc(C(=O)NC(C)(C)C)nc(NC(C)c2ccccc2)n1. The molecule has 1 unspecified atom stereocenters. The van der Waals surface area contributed by atoms with E-state index in [9.17, 15) is 4.79 Å². The van der Waals surface area contributed by atoms with Crippen LogP contribution in [0, 0.1) is 6.92 Å². The first kappa shape index (κ1) is 16.9. The second-order valence-electron chi connectivity index (χ2n) is 6.70. The highest BCUT2D eigenvalue weighted by atomic mass is 16.2. The lowest BCUT2D eigenvalue weighted by Crippen LogP contribution is -2.41. The zero-order valence-corrected chi connectivity index (χ0v) is 14.3. The highest BCUT2D eigenvalue weighted by Gasteiger charge is 2.18. The maximum Gasteiger partial charge on any atom is 0.270 e. The van der Waals surface area contributed by atoms with E-state index in [2.05, 4.69) is 20.6 Å². The molecule has 2 aromatic rings. The molecule has 0 aliphatic heterocycles. The summed E-state index contributed by atoms with van der Waals surface area (Å²) in [6, 6.07) is 11.8. The van der Waals surface area contributed by atoms with E-state index in [0.717, 1.165) is 11.3 Å². The maximum atomic E-state index is 12.3. The van der Waals surface area contributed by atoms with E-state index in [0.29, 0.717) is 11.6 Å². The molecule has 2 rings (SSSR count). The summed E-state index contributed by atoms with van der Waals surface area (Å²) in [6.07, 6.45) is 0. The van der Waals surface area contributed by atoms with Crippen LogP contribution in [0.25, 0.3) is 0 Å². The van der Waals surface area contributed by atoms with Gasteiger partial charge in [0.05, 0.1) is 6.04 Å². The predicted octanol–water partition coefficient (Wildman–Crippen LogP) is 3.49. The molecule has 0 bridgehead atoms. The van der Waals surface area contributed by atoms with Crippen molar-refractivity contribution in [3.05, 3.63) is 53.3 Å². The van der Waals surface area contributed by atoms with Crippen LogP contribution in [0.3, 0.4) is 0 Å². The maximum absolute atomic E-state index is 12.3. The molecule has 0 saturated carbocycles. The summed E-state index contributed by atoms with van der Waals surface area (Å²) in [5.74, 6) is 0.263. The summed E-state index contributed by atoms with van der Waals surface area (Å²) >= 11 is 0. The Morgan fingerprint density at radius 3 is 2.39 bits per heavy atom. The lowest BCUT2D eigenvalue weighted by atomic mass is 10.1. The van der Waals surface area contributed by atoms with Crippen LogP contribution in [0.5, 0.6) is 0 Å². The molecule has 23 heavy (non-hydrogen) atoms. The number of rotatable bonds is 4. The van der Waals surface area contributed by atoms with Crippen LogP contribution in [0.15, 0.2) is 36.4 Å². The minimum absolute atomic E-state index is 0.0523. The van der Waals surface area contributed by atoms with E-state index in [1.54, 1.807) is 6.07 Å². The van der Waals surface area contributed by atoms with Gasteiger partial charge in [0.1, 0.15) is 5.69 Å². The van der Waals surface area contributed by atoms with Crippen molar-refractivity contribution in [3.8, 4) is 0 Å². The fourth-order valence-electron chi connectivity index (χ4n) is 2.17. The Balaban J connectivity index is 2.19. The van der Waals surface area contributed by atoms with Gasteiger partial charge in [-0.2, -0.15) is 0 Å². The lowest BCUT2D eigenvalue weighted by molar-refractivity contribution is 0.0914. The number of nitrogens with one attached hydrogen (secondary N) is 2. The van der Waals surface area contributed by atoms with E-state index in [-0.39, 0.29) is 17.5 Å². The summed E-state index contributed by atoms with van der Waals surface area (Å²) in [4.78, 5) is 21.0. The first-order valence-electron chi connectivity index (χ1n) is 7.74. The largest absolute Gasteiger partial charge is 0.348 e. The quantitative estimate of drug-likeness (QED) is 0.907. The Kier molecular flexibility index (Phi) is 4.98. The molecule has 1 aromatic heterocycles. The molecule has 0 saturated heterocycles. The number of carbonyl (C=O) groups excluding carboxylic acids is 1. The van der Waals surface area contributed by atoms with Gasteiger partial charge in [-0.1, -0.05) is 30.3 Å². The number of amides is 1. The Bertz CT molecular complexity index is 677. The average molecular weight is 312 g/mol. The molecule has 122 valence electrons. The van der Waals surface area contributed by atoms with Gasteiger partial charge in [0.2, 0.25) is 5.95 Å². The fourth-order valence-corrected chi connectivity index (χ4v) is 2.17. The lowest BCUT2D eigenvalue weighted by Gasteiger charge is -2.20. The van der Waals surface area contributed by atoms with Crippen molar-refractivity contribution in [3.63, 3.8) is 0 Å². The number of anilines is 1. The van der Waals surface area contributed by atoms with Crippen molar-refractivity contribution >= 4 is 11.9 Å². The van der Waals surface area contributed by atoms with Gasteiger partial charge in [-0.05, 0) is 46.2 Å². The number of hydrogen-bond donors (Lipinski definition) is 2. The van der Waals surface area contributed by atoms with Crippen molar-refractivity contribution in [2.45, 2.75) is 46.2 Å². The molecule has 0 radical (unpaired) electrons. The molecule has 0 spiro atoms. The van der Waals surface area contributed by atoms with Crippen molar-refractivity contribution in [1.82, 2.24) is 15.3 Å². The number of aryl methyl sites for hydroxylation is 1. The van der Waals surface area contributed by atoms with Gasteiger partial charge in [-0.3, -0.25) is 4.79 Å². The minimum Gasteiger partial charge on any atom is -0.348 e. The summed E-state index contributed by atoms with van der Waals surface area (Å²) in [7, 11) is 0. The predicted molar refractivity (Wildman–Crippen MR) is 92.5 cm³/mol. The molecule has 0 aliphatic rings. The van der Waals surface area contributed by atoms with Crippen LogP contribution < -0.4 is 10.6 Å². The van der Waals surface area contributed by atoms with Crippen LogP contribution in [-0.4, -0.2) is 21.4 Å². The zero-order chi connectivity index (χ0) is 17.0. The van der Waals surface area contributed by atoms with E-state index < -0.39 is 0 Å². The number of carbonyl (C=O) groups is 1.